The molecule has 0 atom stereocenters. The van der Waals surface area contributed by atoms with Crippen molar-refractivity contribution in [2.45, 2.75) is 11.4 Å². The van der Waals surface area contributed by atoms with Crippen LogP contribution in [-0.2, 0) is 16.6 Å². The van der Waals surface area contributed by atoms with Crippen molar-refractivity contribution in [3.8, 4) is 0 Å². The molecule has 1 aromatic heterocycles. The maximum Gasteiger partial charge on any atom is 0.251 e. The second-order valence-corrected chi connectivity index (χ2v) is 6.77. The molecule has 2 rings (SSSR count). The molecular weight excluding hydrogens is 302 g/mol. The Morgan fingerprint density at radius 3 is 2.45 bits per heavy atom. The fourth-order valence-electron chi connectivity index (χ4n) is 1.94. The van der Waals surface area contributed by atoms with E-state index in [1.807, 2.05) is 6.07 Å². The third-order valence-electron chi connectivity index (χ3n) is 3.18. The highest BCUT2D eigenvalue weighted by Crippen LogP contribution is 2.17. The lowest BCUT2D eigenvalue weighted by molar-refractivity contribution is 0.0963. The average molecular weight is 319 g/mol. The van der Waals surface area contributed by atoms with Crippen LogP contribution in [0, 0.1) is 0 Å². The van der Waals surface area contributed by atoms with E-state index >= 15 is 0 Å². The molecule has 6 nitrogen and oxygen atoms in total. The Morgan fingerprint density at radius 2 is 1.91 bits per heavy atom. The van der Waals surface area contributed by atoms with Gasteiger partial charge in [0.25, 0.3) is 5.91 Å². The number of sulfonamides is 1. The van der Waals surface area contributed by atoms with Crippen LogP contribution in [-0.4, -0.2) is 37.7 Å². The van der Waals surface area contributed by atoms with Gasteiger partial charge in [-0.1, -0.05) is 6.07 Å². The van der Waals surface area contributed by atoms with Crippen LogP contribution in [0.15, 0.2) is 53.7 Å². The first-order chi connectivity index (χ1) is 10.4. The highest BCUT2D eigenvalue weighted by Gasteiger charge is 2.21. The standard InChI is InChI=1S/C15H17N3O3S/c1-16-15(19)13-5-7-14(8-6-13)22(20,21)18(2)11-12-4-3-9-17-10-12/h3-10H,11H2,1-2H3,(H,16,19). The van der Waals surface area contributed by atoms with E-state index < -0.39 is 10.0 Å². The summed E-state index contributed by atoms with van der Waals surface area (Å²) in [7, 11) is -0.581. The first-order valence-corrected chi connectivity index (χ1v) is 8.06. The van der Waals surface area contributed by atoms with E-state index in [-0.39, 0.29) is 17.3 Å². The first-order valence-electron chi connectivity index (χ1n) is 6.62. The van der Waals surface area contributed by atoms with E-state index in [1.165, 1.54) is 42.7 Å². The number of rotatable bonds is 5. The molecule has 0 saturated carbocycles. The van der Waals surface area contributed by atoms with Crippen molar-refractivity contribution in [3.63, 3.8) is 0 Å². The van der Waals surface area contributed by atoms with Crippen LogP contribution in [0.2, 0.25) is 0 Å². The van der Waals surface area contributed by atoms with Gasteiger partial charge in [-0.2, -0.15) is 4.31 Å². The van der Waals surface area contributed by atoms with Gasteiger partial charge < -0.3 is 5.32 Å². The summed E-state index contributed by atoms with van der Waals surface area (Å²) in [5, 5.41) is 2.49. The molecule has 1 heterocycles. The van der Waals surface area contributed by atoms with Gasteiger partial charge in [0.2, 0.25) is 10.0 Å². The Bertz CT molecular complexity index is 743. The average Bonchev–Trinajstić information content (AvgIpc) is 2.55. The lowest BCUT2D eigenvalue weighted by atomic mass is 10.2. The number of hydrogen-bond acceptors (Lipinski definition) is 4. The van der Waals surface area contributed by atoms with Crippen LogP contribution in [0.3, 0.4) is 0 Å². The van der Waals surface area contributed by atoms with Crippen LogP contribution >= 0.6 is 0 Å². The van der Waals surface area contributed by atoms with Crippen molar-refractivity contribution in [2.75, 3.05) is 14.1 Å². The Hall–Kier alpha value is -2.25. The zero-order chi connectivity index (χ0) is 16.2. The molecule has 116 valence electrons. The number of benzene rings is 1. The largest absolute Gasteiger partial charge is 0.355 e. The van der Waals surface area contributed by atoms with Crippen molar-refractivity contribution < 1.29 is 13.2 Å². The minimum absolute atomic E-state index is 0.145. The highest BCUT2D eigenvalue weighted by atomic mass is 32.2. The van der Waals surface area contributed by atoms with Crippen LogP contribution < -0.4 is 5.32 Å². The molecule has 0 aliphatic carbocycles. The summed E-state index contributed by atoms with van der Waals surface area (Å²) in [6.07, 6.45) is 3.26. The van der Waals surface area contributed by atoms with Gasteiger partial charge in [-0.05, 0) is 35.9 Å². The zero-order valence-electron chi connectivity index (χ0n) is 12.4. The van der Waals surface area contributed by atoms with E-state index in [9.17, 15) is 13.2 Å². The van der Waals surface area contributed by atoms with E-state index in [4.69, 9.17) is 0 Å². The molecule has 2 aromatic rings. The van der Waals surface area contributed by atoms with E-state index in [1.54, 1.807) is 18.5 Å². The van der Waals surface area contributed by atoms with E-state index in [0.29, 0.717) is 5.56 Å². The van der Waals surface area contributed by atoms with E-state index in [0.717, 1.165) is 5.56 Å². The minimum Gasteiger partial charge on any atom is -0.355 e. The second kappa shape index (κ2) is 6.67. The maximum absolute atomic E-state index is 12.5. The molecule has 7 heteroatoms. The molecule has 0 unspecified atom stereocenters. The normalized spacial score (nSPS) is 11.4. The highest BCUT2D eigenvalue weighted by molar-refractivity contribution is 7.89. The fraction of sp³-hybridized carbons (Fsp3) is 0.200. The summed E-state index contributed by atoms with van der Waals surface area (Å²) >= 11 is 0. The number of pyridine rings is 1. The molecule has 0 bridgehead atoms. The second-order valence-electron chi connectivity index (χ2n) is 4.73. The predicted molar refractivity (Wildman–Crippen MR) is 82.7 cm³/mol. The van der Waals surface area contributed by atoms with Gasteiger partial charge in [-0.3, -0.25) is 9.78 Å². The quantitative estimate of drug-likeness (QED) is 0.900. The van der Waals surface area contributed by atoms with Crippen LogP contribution in [0.1, 0.15) is 15.9 Å². The SMILES string of the molecule is CNC(=O)c1ccc(S(=O)(=O)N(C)Cc2cccnc2)cc1. The molecule has 0 radical (unpaired) electrons. The smallest absolute Gasteiger partial charge is 0.251 e. The molecule has 0 saturated heterocycles. The molecular formula is C15H17N3O3S. The van der Waals surface area contributed by atoms with Crippen molar-refractivity contribution in [2.24, 2.45) is 0 Å². The third kappa shape index (κ3) is 3.49. The number of aromatic nitrogens is 1. The number of carbonyl (C=O) groups is 1. The number of hydrogen-bond donors (Lipinski definition) is 1. The third-order valence-corrected chi connectivity index (χ3v) is 5.00. The van der Waals surface area contributed by atoms with Crippen LogP contribution in [0.5, 0.6) is 0 Å². The van der Waals surface area contributed by atoms with Gasteiger partial charge in [-0.25, -0.2) is 8.42 Å². The fourth-order valence-corrected chi connectivity index (χ4v) is 3.10. The Morgan fingerprint density at radius 1 is 1.23 bits per heavy atom. The Balaban J connectivity index is 2.20. The number of amides is 1. The van der Waals surface area contributed by atoms with Gasteiger partial charge in [0.15, 0.2) is 0 Å². The topological polar surface area (TPSA) is 79.4 Å². The lowest BCUT2D eigenvalue weighted by Gasteiger charge is -2.17. The molecule has 22 heavy (non-hydrogen) atoms. The van der Waals surface area contributed by atoms with Crippen molar-refractivity contribution in [1.29, 1.82) is 0 Å². The minimum atomic E-state index is -3.61. The van der Waals surface area contributed by atoms with Gasteiger partial charge >= 0.3 is 0 Å². The van der Waals surface area contributed by atoms with Crippen molar-refractivity contribution in [1.82, 2.24) is 14.6 Å². The van der Waals surface area contributed by atoms with Crippen molar-refractivity contribution >= 4 is 15.9 Å². The number of nitrogens with zero attached hydrogens (tertiary/aromatic N) is 2. The summed E-state index contributed by atoms with van der Waals surface area (Å²) < 4.78 is 26.2. The van der Waals surface area contributed by atoms with Gasteiger partial charge in [0.05, 0.1) is 4.90 Å². The summed E-state index contributed by atoms with van der Waals surface area (Å²) in [5.74, 6) is -0.257. The van der Waals surface area contributed by atoms with Crippen LogP contribution in [0.4, 0.5) is 0 Å². The van der Waals surface area contributed by atoms with Gasteiger partial charge in [0, 0.05) is 38.6 Å². The van der Waals surface area contributed by atoms with E-state index in [2.05, 4.69) is 10.3 Å². The monoisotopic (exact) mass is 319 g/mol. The molecule has 0 spiro atoms. The summed E-state index contributed by atoms with van der Waals surface area (Å²) in [4.78, 5) is 15.6. The molecule has 0 aliphatic heterocycles. The maximum atomic E-state index is 12.5. The van der Waals surface area contributed by atoms with Crippen molar-refractivity contribution in [3.05, 3.63) is 59.9 Å². The van der Waals surface area contributed by atoms with Gasteiger partial charge in [-0.15, -0.1) is 0 Å². The summed E-state index contributed by atoms with van der Waals surface area (Å²) in [6, 6.07) is 9.41. The molecule has 0 aliphatic rings. The first kappa shape index (κ1) is 16.1. The zero-order valence-corrected chi connectivity index (χ0v) is 13.2. The summed E-state index contributed by atoms with van der Waals surface area (Å²) in [5.41, 5.74) is 1.21. The Kier molecular flexibility index (Phi) is 4.89. The molecule has 1 aromatic carbocycles. The lowest BCUT2D eigenvalue weighted by Crippen LogP contribution is -2.26. The molecule has 1 amide bonds. The molecule has 0 fully saturated rings. The number of carbonyl (C=O) groups excluding carboxylic acids is 1. The predicted octanol–water partition coefficient (Wildman–Crippen LogP) is 1.26. The summed E-state index contributed by atoms with van der Waals surface area (Å²) in [6.45, 7) is 0.230. The Labute approximate surface area is 129 Å². The van der Waals surface area contributed by atoms with Gasteiger partial charge in [0.1, 0.15) is 0 Å². The molecule has 1 N–H and O–H groups in total. The van der Waals surface area contributed by atoms with Crippen LogP contribution in [0.25, 0.3) is 0 Å². The number of nitrogens with one attached hydrogen (secondary N) is 1.